The van der Waals surface area contributed by atoms with Crippen molar-refractivity contribution >= 4 is 16.9 Å². The van der Waals surface area contributed by atoms with Gasteiger partial charge in [0.2, 0.25) is 0 Å². The zero-order chi connectivity index (χ0) is 19.7. The van der Waals surface area contributed by atoms with Gasteiger partial charge in [-0.1, -0.05) is 6.92 Å². The van der Waals surface area contributed by atoms with E-state index in [1.165, 1.54) is 6.07 Å². The fourth-order valence-corrected chi connectivity index (χ4v) is 3.90. The minimum Gasteiger partial charge on any atom is -0.481 e. The van der Waals surface area contributed by atoms with Crippen molar-refractivity contribution in [2.24, 2.45) is 0 Å². The Bertz CT molecular complexity index is 913. The summed E-state index contributed by atoms with van der Waals surface area (Å²) in [6, 6.07) is 7.32. The van der Waals surface area contributed by atoms with E-state index in [0.717, 1.165) is 56.8 Å². The van der Waals surface area contributed by atoms with Gasteiger partial charge in [0.15, 0.2) is 6.10 Å². The molecule has 7 heteroatoms. The van der Waals surface area contributed by atoms with Crippen LogP contribution in [0.15, 0.2) is 33.5 Å². The van der Waals surface area contributed by atoms with E-state index >= 15 is 0 Å². The van der Waals surface area contributed by atoms with Gasteiger partial charge < -0.3 is 18.8 Å². The van der Waals surface area contributed by atoms with E-state index in [2.05, 4.69) is 4.90 Å². The average Bonchev–Trinajstić information content (AvgIpc) is 2.66. The van der Waals surface area contributed by atoms with Crippen LogP contribution in [0.25, 0.3) is 11.0 Å². The molecule has 0 bridgehead atoms. The summed E-state index contributed by atoms with van der Waals surface area (Å²) in [6.45, 7) is 8.62. The first kappa shape index (κ1) is 19.0. The molecule has 0 saturated carbocycles. The van der Waals surface area contributed by atoms with E-state index in [1.807, 2.05) is 24.0 Å². The van der Waals surface area contributed by atoms with Crippen molar-refractivity contribution in [3.05, 3.63) is 40.2 Å². The molecular formula is C21H26N2O5. The van der Waals surface area contributed by atoms with Crippen LogP contribution in [0.3, 0.4) is 0 Å². The second-order valence-corrected chi connectivity index (χ2v) is 7.41. The summed E-state index contributed by atoms with van der Waals surface area (Å²) in [5.74, 6) is 0.503. The lowest BCUT2D eigenvalue weighted by molar-refractivity contribution is -0.146. The Morgan fingerprint density at radius 2 is 2.00 bits per heavy atom. The van der Waals surface area contributed by atoms with Gasteiger partial charge in [-0.2, -0.15) is 0 Å². The molecule has 0 aliphatic carbocycles. The number of amides is 1. The number of hydrogen-bond acceptors (Lipinski definition) is 6. The molecule has 2 fully saturated rings. The number of ether oxygens (including phenoxy) is 2. The molecule has 1 unspecified atom stereocenters. The van der Waals surface area contributed by atoms with E-state index in [0.29, 0.717) is 17.4 Å². The number of likely N-dealkylation sites (tertiary alicyclic amines) is 1. The summed E-state index contributed by atoms with van der Waals surface area (Å²) < 4.78 is 16.5. The van der Waals surface area contributed by atoms with Crippen molar-refractivity contribution < 1.29 is 18.7 Å². The molecule has 4 rings (SSSR count). The van der Waals surface area contributed by atoms with Crippen molar-refractivity contribution in [2.75, 3.05) is 39.4 Å². The third kappa shape index (κ3) is 3.77. The molecule has 0 radical (unpaired) electrons. The van der Waals surface area contributed by atoms with Crippen LogP contribution in [0.1, 0.15) is 19.4 Å². The molecule has 1 atom stereocenters. The predicted molar refractivity (Wildman–Crippen MR) is 105 cm³/mol. The summed E-state index contributed by atoms with van der Waals surface area (Å²) >= 11 is 0. The van der Waals surface area contributed by atoms with Gasteiger partial charge in [0, 0.05) is 49.7 Å². The topological polar surface area (TPSA) is 72.2 Å². The third-order valence-electron chi connectivity index (χ3n) is 5.58. The van der Waals surface area contributed by atoms with Gasteiger partial charge in [-0.05, 0) is 31.0 Å². The molecule has 28 heavy (non-hydrogen) atoms. The van der Waals surface area contributed by atoms with Gasteiger partial charge in [0.25, 0.3) is 5.91 Å². The van der Waals surface area contributed by atoms with Crippen LogP contribution in [0.2, 0.25) is 0 Å². The van der Waals surface area contributed by atoms with Crippen LogP contribution in [0.4, 0.5) is 0 Å². The van der Waals surface area contributed by atoms with E-state index in [4.69, 9.17) is 13.9 Å². The lowest BCUT2D eigenvalue weighted by Crippen LogP contribution is -2.64. The molecule has 3 heterocycles. The van der Waals surface area contributed by atoms with Gasteiger partial charge in [0.1, 0.15) is 11.3 Å². The van der Waals surface area contributed by atoms with Crippen molar-refractivity contribution in [3.63, 3.8) is 0 Å². The van der Waals surface area contributed by atoms with Crippen molar-refractivity contribution in [1.29, 1.82) is 0 Å². The molecular weight excluding hydrogens is 360 g/mol. The third-order valence-corrected chi connectivity index (χ3v) is 5.58. The Kier molecular flexibility index (Phi) is 5.37. The molecule has 2 aliphatic rings. The summed E-state index contributed by atoms with van der Waals surface area (Å²) in [5.41, 5.74) is 1.05. The number of rotatable bonds is 5. The molecule has 7 nitrogen and oxygen atoms in total. The van der Waals surface area contributed by atoms with Gasteiger partial charge in [-0.15, -0.1) is 0 Å². The molecule has 2 aliphatic heterocycles. The normalized spacial score (nSPS) is 19.4. The largest absolute Gasteiger partial charge is 0.481 e. The predicted octanol–water partition coefficient (Wildman–Crippen LogP) is 1.67. The van der Waals surface area contributed by atoms with Crippen LogP contribution in [-0.4, -0.2) is 67.2 Å². The standard InChI is InChI=1S/C21H26N2O5/c1-3-15-10-20(24)28-19-11-17(4-5-18(15)19)27-14(2)21(25)23-12-16(13-23)22-6-8-26-9-7-22/h4-5,10-11,14,16H,3,6-9,12-13H2,1-2H3. The van der Waals surface area contributed by atoms with Gasteiger partial charge in [-0.25, -0.2) is 4.79 Å². The minimum absolute atomic E-state index is 0.0200. The van der Waals surface area contributed by atoms with Crippen molar-refractivity contribution in [2.45, 2.75) is 32.4 Å². The highest BCUT2D eigenvalue weighted by Gasteiger charge is 2.37. The van der Waals surface area contributed by atoms with Gasteiger partial charge >= 0.3 is 5.63 Å². The molecule has 1 aromatic heterocycles. The number of benzene rings is 1. The highest BCUT2D eigenvalue weighted by Crippen LogP contribution is 2.25. The van der Waals surface area contributed by atoms with Crippen LogP contribution in [-0.2, 0) is 16.0 Å². The quantitative estimate of drug-likeness (QED) is 0.728. The zero-order valence-corrected chi connectivity index (χ0v) is 16.3. The Balaban J connectivity index is 1.39. The second kappa shape index (κ2) is 7.93. The van der Waals surface area contributed by atoms with Crippen molar-refractivity contribution in [3.8, 4) is 5.75 Å². The molecule has 150 valence electrons. The highest BCUT2D eigenvalue weighted by atomic mass is 16.5. The number of nitrogens with zero attached hydrogens (tertiary/aromatic N) is 2. The maximum atomic E-state index is 12.7. The van der Waals surface area contributed by atoms with Crippen LogP contribution >= 0.6 is 0 Å². The average molecular weight is 386 g/mol. The summed E-state index contributed by atoms with van der Waals surface area (Å²) in [5, 5.41) is 0.893. The van der Waals surface area contributed by atoms with Gasteiger partial charge in [-0.3, -0.25) is 9.69 Å². The lowest BCUT2D eigenvalue weighted by Gasteiger charge is -2.47. The first-order valence-corrected chi connectivity index (χ1v) is 9.89. The smallest absolute Gasteiger partial charge is 0.336 e. The molecule has 0 N–H and O–H groups in total. The Morgan fingerprint density at radius 1 is 1.25 bits per heavy atom. The minimum atomic E-state index is -0.593. The number of aryl methyl sites for hydroxylation is 1. The van der Waals surface area contributed by atoms with Crippen LogP contribution < -0.4 is 10.4 Å². The number of carbonyl (C=O) groups is 1. The second-order valence-electron chi connectivity index (χ2n) is 7.41. The molecule has 2 aromatic rings. The fourth-order valence-electron chi connectivity index (χ4n) is 3.90. The number of morpholine rings is 1. The van der Waals surface area contributed by atoms with E-state index in [-0.39, 0.29) is 11.5 Å². The maximum absolute atomic E-state index is 12.7. The van der Waals surface area contributed by atoms with Gasteiger partial charge in [0.05, 0.1) is 13.2 Å². The highest BCUT2D eigenvalue weighted by molar-refractivity contribution is 5.83. The first-order chi connectivity index (χ1) is 13.5. The molecule has 0 spiro atoms. The number of hydrogen-bond donors (Lipinski definition) is 0. The molecule has 1 aromatic carbocycles. The summed E-state index contributed by atoms with van der Waals surface area (Å²) in [6.07, 6.45) is 0.153. The monoisotopic (exact) mass is 386 g/mol. The maximum Gasteiger partial charge on any atom is 0.336 e. The van der Waals surface area contributed by atoms with E-state index < -0.39 is 6.10 Å². The zero-order valence-electron chi connectivity index (χ0n) is 16.3. The lowest BCUT2D eigenvalue weighted by atomic mass is 10.1. The van der Waals surface area contributed by atoms with Crippen molar-refractivity contribution in [1.82, 2.24) is 9.80 Å². The van der Waals surface area contributed by atoms with Crippen LogP contribution in [0, 0.1) is 0 Å². The van der Waals surface area contributed by atoms with Crippen LogP contribution in [0.5, 0.6) is 5.75 Å². The molecule has 2 saturated heterocycles. The van der Waals surface area contributed by atoms with E-state index in [1.54, 1.807) is 13.0 Å². The van der Waals surface area contributed by atoms with E-state index in [9.17, 15) is 9.59 Å². The SMILES string of the molecule is CCc1cc(=O)oc2cc(OC(C)C(=O)N3CC(N4CCOCC4)C3)ccc12. The summed E-state index contributed by atoms with van der Waals surface area (Å²) in [4.78, 5) is 28.6. The molecule has 1 amide bonds. The number of carbonyl (C=O) groups excluding carboxylic acids is 1. The Morgan fingerprint density at radius 3 is 2.71 bits per heavy atom. The Labute approximate surface area is 163 Å². The fraction of sp³-hybridized carbons (Fsp3) is 0.524. The first-order valence-electron chi connectivity index (χ1n) is 9.89. The number of fused-ring (bicyclic) bond motifs is 1. The summed E-state index contributed by atoms with van der Waals surface area (Å²) in [7, 11) is 0. The Hall–Kier alpha value is -2.38.